The van der Waals surface area contributed by atoms with Gasteiger partial charge < -0.3 is 19.9 Å². The Labute approximate surface area is 158 Å². The van der Waals surface area contributed by atoms with E-state index in [1.54, 1.807) is 0 Å². The van der Waals surface area contributed by atoms with Crippen LogP contribution in [0.15, 0.2) is 42.9 Å². The highest BCUT2D eigenvalue weighted by molar-refractivity contribution is 5.89. The third kappa shape index (κ3) is 4.65. The lowest BCUT2D eigenvalue weighted by atomic mass is 10.2. The van der Waals surface area contributed by atoms with Crippen LogP contribution in [0.2, 0.25) is 0 Å². The Morgan fingerprint density at radius 2 is 1.75 bits per heavy atom. The fourth-order valence-electron chi connectivity index (χ4n) is 2.45. The number of alkyl halides is 3. The smallest absolute Gasteiger partial charge is 0.416 e. The van der Waals surface area contributed by atoms with Crippen molar-refractivity contribution in [3.05, 3.63) is 48.4 Å². The summed E-state index contributed by atoms with van der Waals surface area (Å²) in [7, 11) is 1.48. The summed E-state index contributed by atoms with van der Waals surface area (Å²) < 4.78 is 48.5. The van der Waals surface area contributed by atoms with E-state index in [0.717, 1.165) is 12.1 Å². The summed E-state index contributed by atoms with van der Waals surface area (Å²) in [6.45, 7) is 0.345. The summed E-state index contributed by atoms with van der Waals surface area (Å²) in [4.78, 5) is 12.7. The molecule has 0 unspecified atom stereocenters. The molecule has 3 aromatic rings. The van der Waals surface area contributed by atoms with Gasteiger partial charge in [0.25, 0.3) is 0 Å². The van der Waals surface area contributed by atoms with E-state index in [4.69, 9.17) is 9.47 Å². The van der Waals surface area contributed by atoms with Crippen molar-refractivity contribution in [2.45, 2.75) is 12.3 Å². The highest BCUT2D eigenvalue weighted by Crippen LogP contribution is 2.33. The summed E-state index contributed by atoms with van der Waals surface area (Å²) in [6.07, 6.45) is -0.825. The fourth-order valence-corrected chi connectivity index (χ4v) is 2.45. The molecule has 0 aliphatic heterocycles. The van der Waals surface area contributed by atoms with Crippen molar-refractivity contribution >= 4 is 16.9 Å². The van der Waals surface area contributed by atoms with Gasteiger partial charge in [-0.2, -0.15) is 13.2 Å². The summed E-state index contributed by atoms with van der Waals surface area (Å²) in [5.41, 5.74) is 0.00875. The van der Waals surface area contributed by atoms with Crippen LogP contribution in [-0.2, 0) is 10.9 Å². The normalized spacial score (nSPS) is 12.8. The lowest BCUT2D eigenvalue weighted by Gasteiger charge is -2.14. The number of fused-ring (bicyclic) bond motifs is 1. The SMILES string of the molecule is COC[C@@H](O)CNc1ncc(Oc2ccc(C(F)(F)F)cc2)c2nccnc12. The minimum atomic E-state index is -4.42. The number of aromatic nitrogens is 3. The molecule has 1 atom stereocenters. The molecule has 0 saturated carbocycles. The lowest BCUT2D eigenvalue weighted by Crippen LogP contribution is -2.24. The molecule has 2 N–H and O–H groups in total. The number of nitrogens with zero attached hydrogens (tertiary/aromatic N) is 3. The maximum Gasteiger partial charge on any atom is 0.416 e. The monoisotopic (exact) mass is 394 g/mol. The second-order valence-electron chi connectivity index (χ2n) is 5.84. The molecule has 28 heavy (non-hydrogen) atoms. The van der Waals surface area contributed by atoms with Gasteiger partial charge in [-0.25, -0.2) is 15.0 Å². The molecule has 1 aromatic carbocycles. The quantitative estimate of drug-likeness (QED) is 0.636. The molecule has 148 valence electrons. The summed E-state index contributed by atoms with van der Waals surface area (Å²) >= 11 is 0. The highest BCUT2D eigenvalue weighted by atomic mass is 19.4. The molecule has 10 heteroatoms. The number of anilines is 1. The Morgan fingerprint density at radius 3 is 2.39 bits per heavy atom. The van der Waals surface area contributed by atoms with Crippen LogP contribution in [0.4, 0.5) is 19.0 Å². The zero-order chi connectivity index (χ0) is 20.1. The molecule has 0 aliphatic rings. The maximum absolute atomic E-state index is 12.7. The minimum Gasteiger partial charge on any atom is -0.453 e. The Kier molecular flexibility index (Phi) is 5.90. The molecule has 0 bridgehead atoms. The van der Waals surface area contributed by atoms with Gasteiger partial charge in [-0.15, -0.1) is 0 Å². The number of rotatable bonds is 7. The molecular formula is C18H17F3N4O3. The first-order valence-electron chi connectivity index (χ1n) is 8.24. The standard InChI is InChI=1S/C18H17F3N4O3/c1-27-10-12(26)8-24-17-16-15(22-6-7-23-16)14(9-25-17)28-13-4-2-11(3-5-13)18(19,20)21/h2-7,9,12,26H,8,10H2,1H3,(H,24,25)/t12-/m0/s1. The number of ether oxygens (including phenoxy) is 2. The van der Waals surface area contributed by atoms with Crippen molar-refractivity contribution < 1.29 is 27.8 Å². The number of pyridine rings is 1. The second-order valence-corrected chi connectivity index (χ2v) is 5.84. The van der Waals surface area contributed by atoms with Crippen LogP contribution >= 0.6 is 0 Å². The predicted molar refractivity (Wildman–Crippen MR) is 95.2 cm³/mol. The van der Waals surface area contributed by atoms with Gasteiger partial charge in [-0.3, -0.25) is 0 Å². The van der Waals surface area contributed by atoms with Crippen LogP contribution in [0.25, 0.3) is 11.0 Å². The highest BCUT2D eigenvalue weighted by Gasteiger charge is 2.30. The first kappa shape index (κ1) is 19.8. The Hall–Kier alpha value is -2.98. The van der Waals surface area contributed by atoms with Gasteiger partial charge in [-0.05, 0) is 24.3 Å². The molecule has 0 saturated heterocycles. The number of hydrogen-bond acceptors (Lipinski definition) is 7. The molecule has 0 amide bonds. The molecule has 7 nitrogen and oxygen atoms in total. The van der Waals surface area contributed by atoms with E-state index in [1.165, 1.54) is 37.8 Å². The number of aliphatic hydroxyl groups excluding tert-OH is 1. The van der Waals surface area contributed by atoms with Gasteiger partial charge >= 0.3 is 6.18 Å². The zero-order valence-corrected chi connectivity index (χ0v) is 14.8. The zero-order valence-electron chi connectivity index (χ0n) is 14.8. The van der Waals surface area contributed by atoms with Crippen molar-refractivity contribution in [2.75, 3.05) is 25.6 Å². The van der Waals surface area contributed by atoms with Crippen LogP contribution in [-0.4, -0.2) is 46.4 Å². The summed E-state index contributed by atoms with van der Waals surface area (Å²) in [5, 5.41) is 12.7. The Balaban J connectivity index is 1.84. The Bertz CT molecular complexity index is 936. The van der Waals surface area contributed by atoms with Gasteiger partial charge in [0.15, 0.2) is 11.6 Å². The molecular weight excluding hydrogens is 377 g/mol. The van der Waals surface area contributed by atoms with Crippen LogP contribution < -0.4 is 10.1 Å². The first-order chi connectivity index (χ1) is 13.4. The largest absolute Gasteiger partial charge is 0.453 e. The Morgan fingerprint density at radius 1 is 1.07 bits per heavy atom. The first-order valence-corrected chi connectivity index (χ1v) is 8.24. The van der Waals surface area contributed by atoms with Crippen molar-refractivity contribution in [2.24, 2.45) is 0 Å². The minimum absolute atomic E-state index is 0.158. The van der Waals surface area contributed by atoms with Gasteiger partial charge in [0.05, 0.1) is 24.5 Å². The molecule has 0 spiro atoms. The molecule has 2 aromatic heterocycles. The number of methoxy groups -OCH3 is 1. The topological polar surface area (TPSA) is 89.4 Å². The lowest BCUT2D eigenvalue weighted by molar-refractivity contribution is -0.137. The molecule has 0 aliphatic carbocycles. The molecule has 0 radical (unpaired) electrons. The average Bonchev–Trinajstić information content (AvgIpc) is 2.67. The number of nitrogens with one attached hydrogen (secondary N) is 1. The van der Waals surface area contributed by atoms with E-state index in [9.17, 15) is 18.3 Å². The number of halogens is 3. The summed E-state index contributed by atoms with van der Waals surface area (Å²) in [5.74, 6) is 0.835. The second kappa shape index (κ2) is 8.36. The summed E-state index contributed by atoms with van der Waals surface area (Å²) in [6, 6.07) is 4.31. The number of aliphatic hydroxyl groups is 1. The van der Waals surface area contributed by atoms with Crippen molar-refractivity contribution in [3.8, 4) is 11.5 Å². The van der Waals surface area contributed by atoms with E-state index in [0.29, 0.717) is 16.9 Å². The van der Waals surface area contributed by atoms with E-state index in [2.05, 4.69) is 20.3 Å². The average molecular weight is 394 g/mol. The van der Waals surface area contributed by atoms with Crippen LogP contribution in [0.1, 0.15) is 5.56 Å². The van der Waals surface area contributed by atoms with Gasteiger partial charge in [0.1, 0.15) is 16.8 Å². The number of benzene rings is 1. The van der Waals surface area contributed by atoms with Gasteiger partial charge in [0.2, 0.25) is 0 Å². The van der Waals surface area contributed by atoms with E-state index in [1.807, 2.05) is 0 Å². The predicted octanol–water partition coefficient (Wildman–Crippen LogP) is 3.26. The van der Waals surface area contributed by atoms with E-state index < -0.39 is 17.8 Å². The maximum atomic E-state index is 12.7. The van der Waals surface area contributed by atoms with Crippen LogP contribution in [0.3, 0.4) is 0 Å². The third-order valence-electron chi connectivity index (χ3n) is 3.74. The molecule has 0 fully saturated rings. The molecule has 3 rings (SSSR count). The van der Waals surface area contributed by atoms with Crippen molar-refractivity contribution in [1.82, 2.24) is 15.0 Å². The molecule has 2 heterocycles. The number of hydrogen-bond donors (Lipinski definition) is 2. The van der Waals surface area contributed by atoms with Gasteiger partial charge in [-0.1, -0.05) is 0 Å². The van der Waals surface area contributed by atoms with E-state index >= 15 is 0 Å². The van der Waals surface area contributed by atoms with Gasteiger partial charge in [0, 0.05) is 26.0 Å². The van der Waals surface area contributed by atoms with Crippen LogP contribution in [0, 0.1) is 0 Å². The third-order valence-corrected chi connectivity index (χ3v) is 3.74. The van der Waals surface area contributed by atoms with Crippen molar-refractivity contribution in [3.63, 3.8) is 0 Å². The fraction of sp³-hybridized carbons (Fsp3) is 0.278. The van der Waals surface area contributed by atoms with Crippen LogP contribution in [0.5, 0.6) is 11.5 Å². The van der Waals surface area contributed by atoms with Crippen molar-refractivity contribution in [1.29, 1.82) is 0 Å². The van der Waals surface area contributed by atoms with E-state index in [-0.39, 0.29) is 24.7 Å².